The van der Waals surface area contributed by atoms with Gasteiger partial charge in [0, 0.05) is 0 Å². The van der Waals surface area contributed by atoms with E-state index in [1.807, 2.05) is 19.1 Å². The first-order chi connectivity index (χ1) is 12.1. The molecule has 0 unspecified atom stereocenters. The number of ether oxygens (including phenoxy) is 1. The zero-order chi connectivity index (χ0) is 18.1. The van der Waals surface area contributed by atoms with E-state index < -0.39 is 11.8 Å². The molecule has 0 heterocycles. The van der Waals surface area contributed by atoms with Crippen LogP contribution in [0.1, 0.15) is 18.9 Å². The van der Waals surface area contributed by atoms with Crippen molar-refractivity contribution in [1.82, 2.24) is 5.43 Å². The second-order valence-electron chi connectivity index (χ2n) is 5.05. The van der Waals surface area contributed by atoms with Gasteiger partial charge in [-0.2, -0.15) is 5.10 Å². The fraction of sp³-hybridized carbons (Fsp3) is 0.167. The first-order valence-electron chi connectivity index (χ1n) is 7.72. The van der Waals surface area contributed by atoms with E-state index in [-0.39, 0.29) is 0 Å². The monoisotopic (exact) mass is 359 g/mol. The molecule has 0 spiro atoms. The number of amides is 2. The molecular weight excluding hydrogens is 342 g/mol. The number of para-hydroxylation sites is 1. The number of benzene rings is 2. The lowest BCUT2D eigenvalue weighted by Crippen LogP contribution is -2.32. The van der Waals surface area contributed by atoms with Crippen molar-refractivity contribution in [2.45, 2.75) is 13.3 Å². The molecule has 7 heteroatoms. The van der Waals surface area contributed by atoms with E-state index in [0.29, 0.717) is 17.3 Å². The molecule has 6 nitrogen and oxygen atoms in total. The Balaban J connectivity index is 1.85. The highest BCUT2D eigenvalue weighted by Gasteiger charge is 2.13. The van der Waals surface area contributed by atoms with Crippen molar-refractivity contribution in [3.8, 4) is 5.75 Å². The average molecular weight is 360 g/mol. The van der Waals surface area contributed by atoms with Crippen molar-refractivity contribution in [2.75, 3.05) is 11.9 Å². The Labute approximate surface area is 150 Å². The lowest BCUT2D eigenvalue weighted by Gasteiger charge is -2.05. The third-order valence-corrected chi connectivity index (χ3v) is 3.39. The van der Waals surface area contributed by atoms with Gasteiger partial charge in [0.1, 0.15) is 5.75 Å². The minimum Gasteiger partial charge on any atom is -0.494 e. The zero-order valence-corrected chi connectivity index (χ0v) is 14.4. The van der Waals surface area contributed by atoms with Gasteiger partial charge in [0.15, 0.2) is 0 Å². The predicted molar refractivity (Wildman–Crippen MR) is 98.0 cm³/mol. The largest absolute Gasteiger partial charge is 0.494 e. The molecule has 25 heavy (non-hydrogen) atoms. The summed E-state index contributed by atoms with van der Waals surface area (Å²) in [6.45, 7) is 2.69. The molecule has 0 aliphatic heterocycles. The summed E-state index contributed by atoms with van der Waals surface area (Å²) in [5.74, 6) is -0.977. The van der Waals surface area contributed by atoms with Crippen LogP contribution >= 0.6 is 11.6 Å². The normalized spacial score (nSPS) is 10.5. The topological polar surface area (TPSA) is 79.8 Å². The molecular formula is C18H18ClN3O3. The maximum Gasteiger partial charge on any atom is 0.329 e. The van der Waals surface area contributed by atoms with E-state index in [4.69, 9.17) is 16.3 Å². The molecule has 2 rings (SSSR count). The first kappa shape index (κ1) is 18.5. The molecule has 0 radical (unpaired) electrons. The first-order valence-corrected chi connectivity index (χ1v) is 8.09. The Morgan fingerprint density at radius 1 is 1.12 bits per heavy atom. The molecule has 0 bridgehead atoms. The van der Waals surface area contributed by atoms with E-state index >= 15 is 0 Å². The standard InChI is InChI=1S/C18H18ClN3O3/c1-2-11-25-14-9-7-13(8-10-14)12-20-22-18(24)17(23)21-16-6-4-3-5-15(16)19/h3-10,12H,2,11H2,1H3,(H,21,23)(H,22,24)/b20-12-. The average Bonchev–Trinajstić information content (AvgIpc) is 2.62. The maximum absolute atomic E-state index is 11.8. The molecule has 0 aliphatic rings. The molecule has 2 amide bonds. The van der Waals surface area contributed by atoms with Crippen molar-refractivity contribution in [2.24, 2.45) is 5.10 Å². The summed E-state index contributed by atoms with van der Waals surface area (Å²) in [4.78, 5) is 23.5. The van der Waals surface area contributed by atoms with Gasteiger partial charge in [0.05, 0.1) is 23.5 Å². The summed E-state index contributed by atoms with van der Waals surface area (Å²) in [5, 5.41) is 6.52. The molecule has 0 aromatic heterocycles. The van der Waals surface area contributed by atoms with Crippen molar-refractivity contribution in [1.29, 1.82) is 0 Å². The fourth-order valence-electron chi connectivity index (χ4n) is 1.83. The van der Waals surface area contributed by atoms with Crippen LogP contribution < -0.4 is 15.5 Å². The lowest BCUT2D eigenvalue weighted by atomic mass is 10.2. The third-order valence-electron chi connectivity index (χ3n) is 3.06. The van der Waals surface area contributed by atoms with Gasteiger partial charge in [-0.3, -0.25) is 9.59 Å². The van der Waals surface area contributed by atoms with E-state index in [9.17, 15) is 9.59 Å². The van der Waals surface area contributed by atoms with Gasteiger partial charge in [-0.15, -0.1) is 0 Å². The Hall–Kier alpha value is -2.86. The van der Waals surface area contributed by atoms with Crippen LogP contribution in [0, 0.1) is 0 Å². The van der Waals surface area contributed by atoms with Gasteiger partial charge >= 0.3 is 11.8 Å². The molecule has 0 fully saturated rings. The summed E-state index contributed by atoms with van der Waals surface area (Å²) in [6, 6.07) is 13.8. The number of nitrogens with one attached hydrogen (secondary N) is 2. The zero-order valence-electron chi connectivity index (χ0n) is 13.7. The van der Waals surface area contributed by atoms with E-state index in [1.165, 1.54) is 6.21 Å². The van der Waals surface area contributed by atoms with Crippen LogP contribution in [0.2, 0.25) is 5.02 Å². The smallest absolute Gasteiger partial charge is 0.329 e. The Morgan fingerprint density at radius 3 is 2.52 bits per heavy atom. The van der Waals surface area contributed by atoms with Crippen LogP contribution in [0.15, 0.2) is 53.6 Å². The molecule has 2 N–H and O–H groups in total. The summed E-state index contributed by atoms with van der Waals surface area (Å²) in [7, 11) is 0. The maximum atomic E-state index is 11.8. The quantitative estimate of drug-likeness (QED) is 0.472. The van der Waals surface area contributed by atoms with Crippen molar-refractivity contribution < 1.29 is 14.3 Å². The van der Waals surface area contributed by atoms with Crippen LogP contribution in [0.3, 0.4) is 0 Å². The van der Waals surface area contributed by atoms with Crippen LogP contribution in [0.5, 0.6) is 5.75 Å². The lowest BCUT2D eigenvalue weighted by molar-refractivity contribution is -0.136. The summed E-state index contributed by atoms with van der Waals surface area (Å²) >= 11 is 5.92. The van der Waals surface area contributed by atoms with Crippen LogP contribution in [-0.4, -0.2) is 24.6 Å². The number of halogens is 1. The minimum absolute atomic E-state index is 0.345. The predicted octanol–water partition coefficient (Wildman–Crippen LogP) is 3.22. The number of rotatable bonds is 6. The summed E-state index contributed by atoms with van der Waals surface area (Å²) in [6.07, 6.45) is 2.37. The third kappa shape index (κ3) is 5.93. The number of carbonyl (C=O) groups is 2. The number of hydrogen-bond donors (Lipinski definition) is 2. The van der Waals surface area contributed by atoms with Crippen LogP contribution in [0.25, 0.3) is 0 Å². The van der Waals surface area contributed by atoms with Gasteiger partial charge in [-0.25, -0.2) is 5.43 Å². The second-order valence-corrected chi connectivity index (χ2v) is 5.46. The van der Waals surface area contributed by atoms with Crippen LogP contribution in [-0.2, 0) is 9.59 Å². The summed E-state index contributed by atoms with van der Waals surface area (Å²) in [5.41, 5.74) is 3.28. The number of nitrogens with zero attached hydrogens (tertiary/aromatic N) is 1. The molecule has 2 aromatic rings. The molecule has 0 saturated heterocycles. The fourth-order valence-corrected chi connectivity index (χ4v) is 2.01. The van der Waals surface area contributed by atoms with E-state index in [1.54, 1.807) is 36.4 Å². The van der Waals surface area contributed by atoms with Gasteiger partial charge in [0.2, 0.25) is 0 Å². The van der Waals surface area contributed by atoms with E-state index in [2.05, 4.69) is 15.8 Å². The minimum atomic E-state index is -0.890. The van der Waals surface area contributed by atoms with Gasteiger partial charge < -0.3 is 10.1 Å². The molecule has 2 aromatic carbocycles. The highest BCUT2D eigenvalue weighted by atomic mass is 35.5. The Kier molecular flexibility index (Phi) is 6.98. The van der Waals surface area contributed by atoms with Crippen molar-refractivity contribution >= 4 is 35.3 Å². The number of anilines is 1. The molecule has 0 atom stereocenters. The van der Waals surface area contributed by atoms with Gasteiger partial charge in [0.25, 0.3) is 0 Å². The molecule has 130 valence electrons. The van der Waals surface area contributed by atoms with Crippen molar-refractivity contribution in [3.63, 3.8) is 0 Å². The highest BCUT2D eigenvalue weighted by Crippen LogP contribution is 2.20. The SMILES string of the molecule is CCCOc1ccc(/C=N\NC(=O)C(=O)Nc2ccccc2Cl)cc1. The number of carbonyl (C=O) groups excluding carboxylic acids is 2. The Bertz CT molecular complexity index is 760. The molecule has 0 saturated carbocycles. The Morgan fingerprint density at radius 2 is 1.84 bits per heavy atom. The van der Waals surface area contributed by atoms with Crippen molar-refractivity contribution in [3.05, 3.63) is 59.1 Å². The van der Waals surface area contributed by atoms with E-state index in [0.717, 1.165) is 17.7 Å². The number of hydrazone groups is 1. The highest BCUT2D eigenvalue weighted by molar-refractivity contribution is 6.41. The summed E-state index contributed by atoms with van der Waals surface area (Å²) < 4.78 is 5.47. The van der Waals surface area contributed by atoms with Gasteiger partial charge in [-0.1, -0.05) is 30.7 Å². The van der Waals surface area contributed by atoms with Gasteiger partial charge in [-0.05, 0) is 48.4 Å². The number of hydrogen-bond acceptors (Lipinski definition) is 4. The molecule has 0 aliphatic carbocycles. The second kappa shape index (κ2) is 9.44. The van der Waals surface area contributed by atoms with Crippen LogP contribution in [0.4, 0.5) is 5.69 Å².